The van der Waals surface area contributed by atoms with Crippen LogP contribution >= 0.6 is 11.3 Å². The van der Waals surface area contributed by atoms with Gasteiger partial charge in [-0.25, -0.2) is 0 Å². The molecule has 2 amide bonds. The minimum absolute atomic E-state index is 0.0883. The average Bonchev–Trinajstić information content (AvgIpc) is 3.17. The van der Waals surface area contributed by atoms with Crippen LogP contribution < -0.4 is 10.6 Å². The van der Waals surface area contributed by atoms with Crippen LogP contribution in [0.5, 0.6) is 0 Å². The molecule has 3 rings (SSSR count). The van der Waals surface area contributed by atoms with E-state index in [1.807, 2.05) is 48.5 Å². The molecule has 0 unspecified atom stereocenters. The van der Waals surface area contributed by atoms with Crippen molar-refractivity contribution in [2.24, 2.45) is 0 Å². The lowest BCUT2D eigenvalue weighted by Gasteiger charge is -2.02. The van der Waals surface area contributed by atoms with Gasteiger partial charge in [0, 0.05) is 35.0 Å². The van der Waals surface area contributed by atoms with E-state index in [2.05, 4.69) is 22.8 Å². The molecule has 2 N–H and O–H groups in total. The van der Waals surface area contributed by atoms with Gasteiger partial charge in [0.1, 0.15) is 0 Å². The van der Waals surface area contributed by atoms with Crippen LogP contribution in [0.1, 0.15) is 20.7 Å². The number of rotatable bonds is 4. The monoisotopic (exact) mass is 350 g/mol. The summed E-state index contributed by atoms with van der Waals surface area (Å²) in [5.74, 6) is -0.177. The lowest BCUT2D eigenvalue weighted by atomic mass is 10.1. The third kappa shape index (κ3) is 3.61. The zero-order valence-electron chi connectivity index (χ0n) is 14.0. The molecule has 0 aliphatic carbocycles. The number of hydrogen-bond acceptors (Lipinski definition) is 3. The van der Waals surface area contributed by atoms with Gasteiger partial charge in [-0.3, -0.25) is 9.59 Å². The van der Waals surface area contributed by atoms with E-state index in [1.54, 1.807) is 25.4 Å². The molecule has 0 aliphatic heterocycles. The molecule has 0 aliphatic rings. The molecule has 0 fully saturated rings. The highest BCUT2D eigenvalue weighted by molar-refractivity contribution is 7.18. The van der Waals surface area contributed by atoms with Gasteiger partial charge in [0.2, 0.25) is 0 Å². The van der Waals surface area contributed by atoms with E-state index in [-0.39, 0.29) is 11.8 Å². The van der Waals surface area contributed by atoms with E-state index in [4.69, 9.17) is 0 Å². The van der Waals surface area contributed by atoms with E-state index in [9.17, 15) is 9.59 Å². The van der Waals surface area contributed by atoms with Gasteiger partial charge in [-0.2, -0.15) is 0 Å². The highest BCUT2D eigenvalue weighted by Crippen LogP contribution is 2.34. The van der Waals surface area contributed by atoms with Crippen LogP contribution in [0.2, 0.25) is 0 Å². The van der Waals surface area contributed by atoms with Crippen LogP contribution in [-0.2, 0) is 0 Å². The van der Waals surface area contributed by atoms with Crippen LogP contribution in [0, 0.1) is 0 Å². The fourth-order valence-corrected chi connectivity index (χ4v) is 3.53. The molecule has 25 heavy (non-hydrogen) atoms. The summed E-state index contributed by atoms with van der Waals surface area (Å²) in [4.78, 5) is 25.5. The van der Waals surface area contributed by atoms with Crippen LogP contribution in [0.4, 0.5) is 0 Å². The second kappa shape index (κ2) is 7.32. The summed E-state index contributed by atoms with van der Waals surface area (Å²) >= 11 is 1.68. The van der Waals surface area contributed by atoms with E-state index in [0.29, 0.717) is 11.1 Å². The summed E-state index contributed by atoms with van der Waals surface area (Å²) in [6.45, 7) is 0. The van der Waals surface area contributed by atoms with E-state index in [1.165, 1.54) is 0 Å². The van der Waals surface area contributed by atoms with Gasteiger partial charge in [0.25, 0.3) is 11.8 Å². The molecular formula is C20H18N2O2S. The number of nitrogens with one attached hydrogen (secondary N) is 2. The zero-order chi connectivity index (χ0) is 17.8. The Hall–Kier alpha value is -2.92. The van der Waals surface area contributed by atoms with Crippen molar-refractivity contribution >= 4 is 23.2 Å². The molecule has 4 nitrogen and oxygen atoms in total. The van der Waals surface area contributed by atoms with Crippen molar-refractivity contribution in [2.75, 3.05) is 14.1 Å². The predicted molar refractivity (Wildman–Crippen MR) is 102 cm³/mol. The Bertz CT molecular complexity index is 822. The van der Waals surface area contributed by atoms with Crippen molar-refractivity contribution < 1.29 is 9.59 Å². The number of carbonyl (C=O) groups is 2. The number of carbonyl (C=O) groups excluding carboxylic acids is 2. The second-order valence-electron chi connectivity index (χ2n) is 5.48. The molecule has 0 radical (unpaired) electrons. The Morgan fingerprint density at radius 1 is 0.640 bits per heavy atom. The lowest BCUT2D eigenvalue weighted by Crippen LogP contribution is -2.17. The Labute approximate surface area is 150 Å². The molecule has 0 saturated carbocycles. The van der Waals surface area contributed by atoms with Gasteiger partial charge in [-0.1, -0.05) is 24.3 Å². The number of thiophene rings is 1. The van der Waals surface area contributed by atoms with Crippen LogP contribution in [0.3, 0.4) is 0 Å². The fraction of sp³-hybridized carbons (Fsp3) is 0.100. The Balaban J connectivity index is 1.82. The Morgan fingerprint density at radius 3 is 1.32 bits per heavy atom. The highest BCUT2D eigenvalue weighted by atomic mass is 32.1. The summed E-state index contributed by atoms with van der Waals surface area (Å²) < 4.78 is 0. The molecule has 2 aromatic carbocycles. The maximum Gasteiger partial charge on any atom is 0.251 e. The summed E-state index contributed by atoms with van der Waals surface area (Å²) in [6, 6.07) is 19.3. The maximum atomic E-state index is 11.6. The van der Waals surface area contributed by atoms with Crippen molar-refractivity contribution in [1.82, 2.24) is 10.6 Å². The maximum absolute atomic E-state index is 11.6. The van der Waals surface area contributed by atoms with Gasteiger partial charge >= 0.3 is 0 Å². The Morgan fingerprint density at radius 2 is 1.00 bits per heavy atom. The molecule has 1 aromatic heterocycles. The molecule has 0 bridgehead atoms. The topological polar surface area (TPSA) is 58.2 Å². The first-order valence-electron chi connectivity index (χ1n) is 7.87. The number of amides is 2. The SMILES string of the molecule is CNC(=O)c1ccc(-c2ccc(-c3ccc(C(=O)NC)cc3)s2)cc1. The first-order valence-corrected chi connectivity index (χ1v) is 8.69. The minimum Gasteiger partial charge on any atom is -0.355 e. The van der Waals surface area contributed by atoms with Crippen LogP contribution in [-0.4, -0.2) is 25.9 Å². The highest BCUT2D eigenvalue weighted by Gasteiger charge is 2.08. The van der Waals surface area contributed by atoms with Crippen LogP contribution in [0.25, 0.3) is 20.9 Å². The summed E-state index contributed by atoms with van der Waals surface area (Å²) in [6.07, 6.45) is 0. The molecule has 3 aromatic rings. The zero-order valence-corrected chi connectivity index (χ0v) is 14.8. The van der Waals surface area contributed by atoms with Gasteiger partial charge in [0.15, 0.2) is 0 Å². The van der Waals surface area contributed by atoms with Crippen molar-refractivity contribution in [2.45, 2.75) is 0 Å². The van der Waals surface area contributed by atoms with Crippen molar-refractivity contribution in [3.05, 3.63) is 71.8 Å². The molecule has 126 valence electrons. The smallest absolute Gasteiger partial charge is 0.251 e. The van der Waals surface area contributed by atoms with Gasteiger partial charge in [0.05, 0.1) is 0 Å². The quantitative estimate of drug-likeness (QED) is 0.752. The molecular weight excluding hydrogens is 332 g/mol. The van der Waals surface area contributed by atoms with Crippen molar-refractivity contribution in [3.8, 4) is 20.9 Å². The minimum atomic E-state index is -0.0883. The Kier molecular flexibility index (Phi) is 4.95. The van der Waals surface area contributed by atoms with Crippen molar-refractivity contribution in [3.63, 3.8) is 0 Å². The van der Waals surface area contributed by atoms with Crippen molar-refractivity contribution in [1.29, 1.82) is 0 Å². The van der Waals surface area contributed by atoms with Gasteiger partial charge < -0.3 is 10.6 Å². The predicted octanol–water partition coefficient (Wildman–Crippen LogP) is 3.80. The third-order valence-electron chi connectivity index (χ3n) is 3.92. The molecule has 0 spiro atoms. The first-order chi connectivity index (χ1) is 12.1. The standard InChI is InChI=1S/C20H18N2O2S/c1-21-19(23)15-7-3-13(4-8-15)17-11-12-18(25-17)14-5-9-16(10-6-14)20(24)22-2/h3-12H,1-2H3,(H,21,23)(H,22,24). The first kappa shape index (κ1) is 16.9. The second-order valence-corrected chi connectivity index (χ2v) is 6.56. The molecule has 0 atom stereocenters. The van der Waals surface area contributed by atoms with E-state index in [0.717, 1.165) is 20.9 Å². The van der Waals surface area contributed by atoms with Gasteiger partial charge in [-0.15, -0.1) is 11.3 Å². The molecule has 1 heterocycles. The lowest BCUT2D eigenvalue weighted by molar-refractivity contribution is 0.0955. The third-order valence-corrected chi connectivity index (χ3v) is 5.11. The average molecular weight is 350 g/mol. The van der Waals surface area contributed by atoms with Crippen LogP contribution in [0.15, 0.2) is 60.7 Å². The molecule has 5 heteroatoms. The molecule has 0 saturated heterocycles. The fourth-order valence-electron chi connectivity index (χ4n) is 2.51. The summed E-state index contributed by atoms with van der Waals surface area (Å²) in [7, 11) is 3.24. The number of benzene rings is 2. The largest absolute Gasteiger partial charge is 0.355 e. The van der Waals surface area contributed by atoms with Gasteiger partial charge in [-0.05, 0) is 47.5 Å². The number of hydrogen-bond donors (Lipinski definition) is 2. The van der Waals surface area contributed by atoms with E-state index < -0.39 is 0 Å². The summed E-state index contributed by atoms with van der Waals surface area (Å²) in [5.41, 5.74) is 3.44. The summed E-state index contributed by atoms with van der Waals surface area (Å²) in [5, 5.41) is 5.24. The normalized spacial score (nSPS) is 10.3. The van der Waals surface area contributed by atoms with E-state index >= 15 is 0 Å².